The highest BCUT2D eigenvalue weighted by Gasteiger charge is 2.76. The van der Waals surface area contributed by atoms with Gasteiger partial charge < -0.3 is 0 Å². The molecule has 9 nitrogen and oxygen atoms in total. The molecular weight excluding hydrogens is 354 g/mol. The van der Waals surface area contributed by atoms with Crippen LogP contribution < -0.4 is 10.4 Å². The molecule has 4 rings (SSSR count). The van der Waals surface area contributed by atoms with E-state index < -0.39 is 32.4 Å². The molecule has 0 heterocycles. The van der Waals surface area contributed by atoms with E-state index in [1.54, 1.807) is 30.3 Å². The zero-order valence-corrected chi connectivity index (χ0v) is 14.1. The molecule has 0 amide bonds. The van der Waals surface area contributed by atoms with Gasteiger partial charge in [-0.05, 0) is 22.4 Å². The molecule has 3 aliphatic rings. The van der Waals surface area contributed by atoms with Crippen LogP contribution in [0.2, 0.25) is 0 Å². The number of hydrogen-bond donors (Lipinski definition) is 0. The monoisotopic (exact) mass is 369 g/mol. The zero-order chi connectivity index (χ0) is 19.3. The number of benzene rings is 1. The first-order chi connectivity index (χ1) is 12.9. The molecule has 0 spiro atoms. The van der Waals surface area contributed by atoms with Crippen molar-refractivity contribution in [3.8, 4) is 0 Å². The van der Waals surface area contributed by atoms with Gasteiger partial charge in [0.25, 0.3) is 0 Å². The number of hydrogen-bond acceptors (Lipinski definition) is 6. The van der Waals surface area contributed by atoms with Gasteiger partial charge in [-0.25, -0.2) is 0 Å². The highest BCUT2D eigenvalue weighted by atomic mass is 16.7. The summed E-state index contributed by atoms with van der Waals surface area (Å²) in [7, 11) is 0. The molecule has 1 fully saturated rings. The summed E-state index contributed by atoms with van der Waals surface area (Å²) in [5.41, 5.74) is -2.08. The van der Waals surface area contributed by atoms with Crippen molar-refractivity contribution in [3.63, 3.8) is 0 Å². The van der Waals surface area contributed by atoms with E-state index >= 15 is 0 Å². The minimum absolute atomic E-state index is 0.0465. The topological polar surface area (TPSA) is 129 Å². The van der Waals surface area contributed by atoms with E-state index in [-0.39, 0.29) is 24.3 Å². The summed E-state index contributed by atoms with van der Waals surface area (Å²) >= 11 is 0. The smallest absolute Gasteiger partial charge is 0.264 e. The third-order valence-electron chi connectivity index (χ3n) is 5.82. The van der Waals surface area contributed by atoms with E-state index in [4.69, 9.17) is 0 Å². The van der Waals surface area contributed by atoms with Crippen molar-refractivity contribution in [2.75, 3.05) is 0 Å². The lowest BCUT2D eigenvalue weighted by Crippen LogP contribution is -2.66. The summed E-state index contributed by atoms with van der Waals surface area (Å²) in [5, 5.41) is 36.7. The van der Waals surface area contributed by atoms with Crippen molar-refractivity contribution < 1.29 is 14.8 Å². The number of rotatable bonds is 3. The van der Waals surface area contributed by atoms with E-state index in [0.29, 0.717) is 10.4 Å². The van der Waals surface area contributed by atoms with Crippen molar-refractivity contribution in [1.82, 2.24) is 0 Å². The Kier molecular flexibility index (Phi) is 3.69. The maximum atomic E-state index is 12.1. The van der Waals surface area contributed by atoms with Crippen molar-refractivity contribution >= 4 is 11.1 Å². The first-order valence-corrected chi connectivity index (χ1v) is 8.52. The van der Waals surface area contributed by atoms with Gasteiger partial charge in [-0.2, -0.15) is 0 Å². The highest BCUT2D eigenvalue weighted by molar-refractivity contribution is 5.73. The Hall–Kier alpha value is -3.36. The molecule has 9 heteroatoms. The molecule has 3 atom stereocenters. The SMILES string of the molecule is O=[N+]([O-])C1CCC2C(=c3ccccc3=C3C=CC=CC32)C1([N+](=O)[O-])[N+](=O)[O-]. The van der Waals surface area contributed by atoms with Crippen molar-refractivity contribution in [2.45, 2.75) is 24.5 Å². The van der Waals surface area contributed by atoms with Crippen LogP contribution in [0.3, 0.4) is 0 Å². The van der Waals surface area contributed by atoms with Crippen LogP contribution in [0.5, 0.6) is 0 Å². The average Bonchev–Trinajstić information content (AvgIpc) is 2.66. The second-order valence-electron chi connectivity index (χ2n) is 6.91. The lowest BCUT2D eigenvalue weighted by atomic mass is 9.63. The van der Waals surface area contributed by atoms with E-state index in [1.165, 1.54) is 0 Å². The predicted molar refractivity (Wildman–Crippen MR) is 94.5 cm³/mol. The van der Waals surface area contributed by atoms with Crippen LogP contribution in [0, 0.1) is 42.2 Å². The Balaban J connectivity index is 2.20. The zero-order valence-electron chi connectivity index (χ0n) is 14.1. The fraction of sp³-hybridized carbons (Fsp3) is 0.333. The van der Waals surface area contributed by atoms with Gasteiger partial charge in [-0.15, -0.1) is 0 Å². The molecule has 0 bridgehead atoms. The molecule has 138 valence electrons. The second kappa shape index (κ2) is 5.83. The lowest BCUT2D eigenvalue weighted by Gasteiger charge is -2.38. The van der Waals surface area contributed by atoms with Gasteiger partial charge >= 0.3 is 11.7 Å². The molecule has 0 aromatic heterocycles. The number of fused-ring (bicyclic) bond motifs is 4. The summed E-state index contributed by atoms with van der Waals surface area (Å²) in [6.07, 6.45) is 7.49. The molecular formula is C18H15N3O6. The van der Waals surface area contributed by atoms with Crippen LogP contribution in [0.15, 0.2) is 48.6 Å². The van der Waals surface area contributed by atoms with Gasteiger partial charge in [0.05, 0.1) is 0 Å². The lowest BCUT2D eigenvalue weighted by molar-refractivity contribution is -0.818. The van der Waals surface area contributed by atoms with E-state index in [1.807, 2.05) is 18.2 Å². The third-order valence-corrected chi connectivity index (χ3v) is 5.82. The van der Waals surface area contributed by atoms with E-state index in [9.17, 15) is 30.3 Å². The quantitative estimate of drug-likeness (QED) is 0.445. The summed E-state index contributed by atoms with van der Waals surface area (Å²) in [4.78, 5) is 32.7. The van der Waals surface area contributed by atoms with Crippen LogP contribution >= 0.6 is 0 Å². The maximum Gasteiger partial charge on any atom is 0.546 e. The Morgan fingerprint density at radius 2 is 1.59 bits per heavy atom. The summed E-state index contributed by atoms with van der Waals surface area (Å²) in [6, 6.07) is 4.84. The average molecular weight is 369 g/mol. The third kappa shape index (κ3) is 2.11. The van der Waals surface area contributed by atoms with Gasteiger partial charge in [-0.3, -0.25) is 30.3 Å². The van der Waals surface area contributed by atoms with Gasteiger partial charge in [0.1, 0.15) is 15.4 Å². The van der Waals surface area contributed by atoms with Gasteiger partial charge in [0.15, 0.2) is 0 Å². The van der Waals surface area contributed by atoms with Crippen molar-refractivity contribution in [1.29, 1.82) is 0 Å². The summed E-state index contributed by atoms with van der Waals surface area (Å²) < 4.78 is 0. The van der Waals surface area contributed by atoms with Crippen LogP contribution in [0.25, 0.3) is 11.1 Å². The minimum atomic E-state index is -2.97. The molecule has 0 aliphatic heterocycles. The van der Waals surface area contributed by atoms with Crippen molar-refractivity contribution in [3.05, 3.63) is 89.3 Å². The Labute approximate surface area is 152 Å². The maximum absolute atomic E-state index is 12.1. The summed E-state index contributed by atoms with van der Waals surface area (Å²) in [5.74, 6) is -0.796. The molecule has 1 aromatic carbocycles. The van der Waals surface area contributed by atoms with Gasteiger partial charge in [0.2, 0.25) is 0 Å². The molecule has 0 radical (unpaired) electrons. The van der Waals surface area contributed by atoms with Crippen LogP contribution in [-0.2, 0) is 0 Å². The normalized spacial score (nSPS) is 27.3. The Bertz CT molecular complexity index is 1040. The Morgan fingerprint density at radius 1 is 0.926 bits per heavy atom. The molecule has 27 heavy (non-hydrogen) atoms. The van der Waals surface area contributed by atoms with Crippen molar-refractivity contribution in [2.24, 2.45) is 11.8 Å². The van der Waals surface area contributed by atoms with Crippen LogP contribution in [0.1, 0.15) is 12.8 Å². The fourth-order valence-corrected chi connectivity index (χ4v) is 4.80. The largest absolute Gasteiger partial charge is 0.546 e. The Morgan fingerprint density at radius 3 is 2.22 bits per heavy atom. The van der Waals surface area contributed by atoms with E-state index in [2.05, 4.69) is 0 Å². The minimum Gasteiger partial charge on any atom is -0.264 e. The van der Waals surface area contributed by atoms with Crippen LogP contribution in [0.4, 0.5) is 0 Å². The second-order valence-corrected chi connectivity index (χ2v) is 6.91. The fourth-order valence-electron chi connectivity index (χ4n) is 4.80. The number of nitro groups is 3. The van der Waals surface area contributed by atoms with E-state index in [0.717, 1.165) is 5.57 Å². The first kappa shape index (κ1) is 17.1. The molecule has 0 saturated heterocycles. The molecule has 3 unspecified atom stereocenters. The summed E-state index contributed by atoms with van der Waals surface area (Å²) in [6.45, 7) is 0. The number of nitrogens with zero attached hydrogens (tertiary/aromatic N) is 3. The highest BCUT2D eigenvalue weighted by Crippen LogP contribution is 2.48. The predicted octanol–water partition coefficient (Wildman–Crippen LogP) is 1.05. The number of allylic oxidation sites excluding steroid dienone is 4. The molecule has 3 aliphatic carbocycles. The van der Waals surface area contributed by atoms with Gasteiger partial charge in [0, 0.05) is 23.2 Å². The first-order valence-electron chi connectivity index (χ1n) is 8.52. The van der Waals surface area contributed by atoms with Gasteiger partial charge in [-0.1, -0.05) is 48.6 Å². The molecule has 0 N–H and O–H groups in total. The standard InChI is InChI=1S/C18H15N3O6/c22-19(23)16-10-9-15-13-7-2-1-5-11(13)12-6-3-4-8-14(12)17(15)18(16,20(24)25)21(26)27/h1-8,13,15-16H,9-10H2. The molecule has 1 saturated carbocycles. The van der Waals surface area contributed by atoms with Crippen LogP contribution in [-0.4, -0.2) is 26.5 Å². The molecule has 1 aromatic rings.